The van der Waals surface area contributed by atoms with Gasteiger partial charge in [0.1, 0.15) is 10.8 Å². The van der Waals surface area contributed by atoms with E-state index in [4.69, 9.17) is 5.73 Å². The molecule has 0 saturated heterocycles. The molecule has 0 saturated carbocycles. The number of carbonyl (C=O) groups is 2. The summed E-state index contributed by atoms with van der Waals surface area (Å²) in [4.78, 5) is 26.9. The van der Waals surface area contributed by atoms with Crippen LogP contribution < -0.4 is 11.1 Å². The molecule has 0 unspecified atom stereocenters. The Kier molecular flexibility index (Phi) is 5.15. The average molecular weight is 361 g/mol. The summed E-state index contributed by atoms with van der Waals surface area (Å²) in [6.45, 7) is 0.415. The molecular formula is C18H20FN3O2S. The molecule has 132 valence electrons. The fourth-order valence-corrected chi connectivity index (χ4v) is 4.45. The number of fused-ring (bicyclic) bond motifs is 1. The van der Waals surface area contributed by atoms with Crippen LogP contribution in [0.3, 0.4) is 0 Å². The fraction of sp³-hybridized carbons (Fsp3) is 0.333. The van der Waals surface area contributed by atoms with Crippen molar-refractivity contribution < 1.29 is 14.0 Å². The van der Waals surface area contributed by atoms with Gasteiger partial charge in [-0.05, 0) is 37.9 Å². The van der Waals surface area contributed by atoms with Gasteiger partial charge in [-0.25, -0.2) is 4.39 Å². The number of nitrogens with zero attached hydrogens (tertiary/aromatic N) is 1. The maximum Gasteiger partial charge on any atom is 0.251 e. The Morgan fingerprint density at radius 2 is 2.08 bits per heavy atom. The van der Waals surface area contributed by atoms with Crippen LogP contribution in [0.4, 0.5) is 9.39 Å². The molecule has 3 rings (SSSR count). The van der Waals surface area contributed by atoms with Gasteiger partial charge in [0.2, 0.25) is 5.91 Å². The van der Waals surface area contributed by atoms with Crippen LogP contribution in [0.2, 0.25) is 0 Å². The topological polar surface area (TPSA) is 75.4 Å². The number of hydrogen-bond donors (Lipinski definition) is 2. The molecule has 0 aliphatic heterocycles. The second-order valence-corrected chi connectivity index (χ2v) is 7.34. The van der Waals surface area contributed by atoms with Crippen LogP contribution in [0.1, 0.15) is 32.8 Å². The van der Waals surface area contributed by atoms with Gasteiger partial charge in [-0.2, -0.15) is 0 Å². The third-order valence-corrected chi connectivity index (χ3v) is 5.44. The van der Waals surface area contributed by atoms with Crippen molar-refractivity contribution in [2.24, 2.45) is 5.73 Å². The van der Waals surface area contributed by atoms with Gasteiger partial charge < -0.3 is 11.1 Å². The van der Waals surface area contributed by atoms with E-state index >= 15 is 0 Å². The zero-order valence-electron chi connectivity index (χ0n) is 14.0. The zero-order chi connectivity index (χ0) is 18.0. The highest BCUT2D eigenvalue weighted by atomic mass is 32.1. The van der Waals surface area contributed by atoms with E-state index in [1.165, 1.54) is 17.4 Å². The number of thiophene rings is 1. The van der Waals surface area contributed by atoms with Crippen LogP contribution in [-0.2, 0) is 24.2 Å². The average Bonchev–Trinajstić information content (AvgIpc) is 3.09. The number of halogens is 1. The highest BCUT2D eigenvalue weighted by molar-refractivity contribution is 7.17. The summed E-state index contributed by atoms with van der Waals surface area (Å²) in [5.41, 5.74) is 7.45. The first kappa shape index (κ1) is 17.6. The van der Waals surface area contributed by atoms with E-state index in [9.17, 15) is 14.0 Å². The molecule has 1 aliphatic carbocycles. The van der Waals surface area contributed by atoms with Crippen molar-refractivity contribution in [1.29, 1.82) is 0 Å². The number of benzene rings is 1. The third kappa shape index (κ3) is 3.88. The van der Waals surface area contributed by atoms with E-state index in [2.05, 4.69) is 5.32 Å². The molecule has 0 atom stereocenters. The van der Waals surface area contributed by atoms with Crippen molar-refractivity contribution in [3.63, 3.8) is 0 Å². The molecule has 1 aromatic carbocycles. The summed E-state index contributed by atoms with van der Waals surface area (Å²) < 4.78 is 13.7. The number of primary amides is 1. The zero-order valence-corrected chi connectivity index (χ0v) is 14.8. The Morgan fingerprint density at radius 3 is 2.80 bits per heavy atom. The Hall–Kier alpha value is -2.25. The quantitative estimate of drug-likeness (QED) is 0.830. The Labute approximate surface area is 149 Å². The molecule has 3 N–H and O–H groups in total. The first-order valence-electron chi connectivity index (χ1n) is 8.12. The molecule has 0 spiro atoms. The van der Waals surface area contributed by atoms with E-state index in [1.54, 1.807) is 30.1 Å². The number of likely N-dealkylation sites (N-methyl/N-ethyl adjacent to an activating group) is 1. The Morgan fingerprint density at radius 1 is 1.32 bits per heavy atom. The number of carbonyl (C=O) groups excluding carboxylic acids is 2. The van der Waals surface area contributed by atoms with E-state index in [-0.39, 0.29) is 18.3 Å². The second kappa shape index (κ2) is 7.33. The first-order valence-corrected chi connectivity index (χ1v) is 8.93. The molecule has 0 fully saturated rings. The number of amides is 2. The molecule has 25 heavy (non-hydrogen) atoms. The van der Waals surface area contributed by atoms with Gasteiger partial charge in [0, 0.05) is 17.0 Å². The van der Waals surface area contributed by atoms with Crippen LogP contribution in [0.15, 0.2) is 24.3 Å². The van der Waals surface area contributed by atoms with Crippen molar-refractivity contribution in [3.05, 3.63) is 51.7 Å². The van der Waals surface area contributed by atoms with Gasteiger partial charge in [0.05, 0.1) is 12.1 Å². The van der Waals surface area contributed by atoms with Crippen molar-refractivity contribution in [2.45, 2.75) is 25.8 Å². The van der Waals surface area contributed by atoms with Crippen molar-refractivity contribution >= 4 is 28.2 Å². The minimum absolute atomic E-state index is 0.0924. The van der Waals surface area contributed by atoms with Crippen LogP contribution in [0, 0.1) is 5.82 Å². The first-order chi connectivity index (χ1) is 12.0. The molecular weight excluding hydrogens is 341 g/mol. The highest BCUT2D eigenvalue weighted by Gasteiger charge is 2.26. The number of anilines is 1. The van der Waals surface area contributed by atoms with Crippen LogP contribution in [-0.4, -0.2) is 30.3 Å². The lowest BCUT2D eigenvalue weighted by atomic mass is 10.1. The predicted octanol–water partition coefficient (Wildman–Crippen LogP) is 2.55. The summed E-state index contributed by atoms with van der Waals surface area (Å²) in [5, 5.41) is 3.33. The van der Waals surface area contributed by atoms with E-state index in [0.717, 1.165) is 29.7 Å². The van der Waals surface area contributed by atoms with E-state index < -0.39 is 5.91 Å². The van der Waals surface area contributed by atoms with Gasteiger partial charge in [-0.1, -0.05) is 18.2 Å². The molecule has 1 heterocycles. The Balaban J connectivity index is 1.65. The normalized spacial score (nSPS) is 13.1. The standard InChI is InChI=1S/C18H20FN3O2S/c1-22(9-11-5-2-3-7-13(11)19)10-15(23)21-18-16(17(20)24)12-6-4-8-14(12)25-18/h2-3,5,7H,4,6,8-10H2,1H3,(H2,20,24)(H,21,23). The van der Waals surface area contributed by atoms with E-state index in [0.29, 0.717) is 22.7 Å². The van der Waals surface area contributed by atoms with Crippen LogP contribution >= 0.6 is 11.3 Å². The smallest absolute Gasteiger partial charge is 0.251 e. The highest BCUT2D eigenvalue weighted by Crippen LogP contribution is 2.38. The summed E-state index contributed by atoms with van der Waals surface area (Å²) in [6.07, 6.45) is 2.76. The number of nitrogens with two attached hydrogens (primary N) is 1. The lowest BCUT2D eigenvalue weighted by molar-refractivity contribution is -0.117. The van der Waals surface area contributed by atoms with E-state index in [1.807, 2.05) is 0 Å². The molecule has 0 bridgehead atoms. The predicted molar refractivity (Wildman–Crippen MR) is 96.2 cm³/mol. The largest absolute Gasteiger partial charge is 0.365 e. The van der Waals surface area contributed by atoms with Gasteiger partial charge in [0.25, 0.3) is 5.91 Å². The molecule has 5 nitrogen and oxygen atoms in total. The third-order valence-electron chi connectivity index (χ3n) is 4.23. The molecule has 1 aliphatic rings. The minimum atomic E-state index is -0.505. The lowest BCUT2D eigenvalue weighted by Crippen LogP contribution is -2.30. The van der Waals surface area contributed by atoms with Gasteiger partial charge in [0.15, 0.2) is 0 Å². The fourth-order valence-electron chi connectivity index (χ4n) is 3.14. The van der Waals surface area contributed by atoms with Crippen LogP contribution in [0.25, 0.3) is 0 Å². The van der Waals surface area contributed by atoms with Crippen molar-refractivity contribution in [3.8, 4) is 0 Å². The van der Waals surface area contributed by atoms with Gasteiger partial charge in [-0.15, -0.1) is 11.3 Å². The van der Waals surface area contributed by atoms with Crippen molar-refractivity contribution in [1.82, 2.24) is 4.90 Å². The summed E-state index contributed by atoms with van der Waals surface area (Å²) in [7, 11) is 1.75. The monoisotopic (exact) mass is 361 g/mol. The second-order valence-electron chi connectivity index (χ2n) is 6.24. The number of rotatable bonds is 6. The molecule has 2 aromatic rings. The molecule has 2 amide bonds. The van der Waals surface area contributed by atoms with Crippen LogP contribution in [0.5, 0.6) is 0 Å². The Bertz CT molecular complexity index is 819. The summed E-state index contributed by atoms with van der Waals surface area (Å²) >= 11 is 1.43. The molecule has 0 radical (unpaired) electrons. The van der Waals surface area contributed by atoms with Crippen molar-refractivity contribution in [2.75, 3.05) is 18.9 Å². The lowest BCUT2D eigenvalue weighted by Gasteiger charge is -2.16. The molecule has 1 aromatic heterocycles. The number of hydrogen-bond acceptors (Lipinski definition) is 4. The SMILES string of the molecule is CN(CC(=O)Nc1sc2c(c1C(N)=O)CCC2)Cc1ccccc1F. The minimum Gasteiger partial charge on any atom is -0.365 e. The maximum atomic E-state index is 13.7. The number of nitrogens with one attached hydrogen (secondary N) is 1. The number of aryl methyl sites for hydroxylation is 1. The van der Waals surface area contributed by atoms with Gasteiger partial charge >= 0.3 is 0 Å². The van der Waals surface area contributed by atoms with Gasteiger partial charge in [-0.3, -0.25) is 14.5 Å². The summed E-state index contributed by atoms with van der Waals surface area (Å²) in [6, 6.07) is 6.49. The molecule has 7 heteroatoms. The summed E-state index contributed by atoms with van der Waals surface area (Å²) in [5.74, 6) is -1.05. The maximum absolute atomic E-state index is 13.7.